The molecule has 2 aromatic rings. The first-order chi connectivity index (χ1) is 9.13. The molecule has 0 aliphatic rings. The molecule has 2 aromatic carbocycles. The first-order valence-corrected chi connectivity index (χ1v) is 5.64. The van der Waals surface area contributed by atoms with E-state index in [0.717, 1.165) is 0 Å². The number of nitrogens with zero attached hydrogens (tertiary/aromatic N) is 1. The van der Waals surface area contributed by atoms with E-state index in [1.807, 2.05) is 6.07 Å². The van der Waals surface area contributed by atoms with Crippen LogP contribution >= 0.6 is 11.6 Å². The maximum Gasteiger partial charge on any atom is 0.150 e. The van der Waals surface area contributed by atoms with Gasteiger partial charge in [0, 0.05) is 11.6 Å². The fourth-order valence-corrected chi connectivity index (χ4v) is 1.64. The van der Waals surface area contributed by atoms with Crippen molar-refractivity contribution >= 4 is 17.9 Å². The lowest BCUT2D eigenvalue weighted by molar-refractivity contribution is 0.112. The molecule has 0 atom stereocenters. The van der Waals surface area contributed by atoms with Crippen molar-refractivity contribution in [2.24, 2.45) is 0 Å². The molecule has 3 nitrogen and oxygen atoms in total. The van der Waals surface area contributed by atoms with E-state index >= 15 is 0 Å². The normalized spacial score (nSPS) is 9.74. The zero-order valence-electron chi connectivity index (χ0n) is 9.56. The van der Waals surface area contributed by atoms with Gasteiger partial charge in [0.05, 0.1) is 10.6 Å². The van der Waals surface area contributed by atoms with Crippen molar-refractivity contribution in [2.45, 2.75) is 0 Å². The summed E-state index contributed by atoms with van der Waals surface area (Å²) in [5, 5.41) is 8.91. The second-order valence-electron chi connectivity index (χ2n) is 3.66. The molecule has 0 bridgehead atoms. The van der Waals surface area contributed by atoms with E-state index in [-0.39, 0.29) is 16.3 Å². The topological polar surface area (TPSA) is 50.1 Å². The van der Waals surface area contributed by atoms with E-state index in [9.17, 15) is 9.18 Å². The summed E-state index contributed by atoms with van der Waals surface area (Å²) in [7, 11) is 0. The first-order valence-electron chi connectivity index (χ1n) is 5.26. The number of nitriles is 1. The zero-order chi connectivity index (χ0) is 13.8. The van der Waals surface area contributed by atoms with Crippen molar-refractivity contribution in [3.8, 4) is 17.6 Å². The molecule has 5 heteroatoms. The van der Waals surface area contributed by atoms with Gasteiger partial charge in [-0.15, -0.1) is 0 Å². The van der Waals surface area contributed by atoms with Crippen LogP contribution in [-0.4, -0.2) is 6.29 Å². The number of halogens is 2. The van der Waals surface area contributed by atoms with E-state index in [4.69, 9.17) is 21.6 Å². The molecule has 0 saturated carbocycles. The third-order valence-electron chi connectivity index (χ3n) is 2.38. The SMILES string of the molecule is N#Cc1cc(C=O)ccc1Oc1ccc(F)c(Cl)c1. The highest BCUT2D eigenvalue weighted by atomic mass is 35.5. The molecule has 0 amide bonds. The van der Waals surface area contributed by atoms with Crippen LogP contribution in [0.5, 0.6) is 11.5 Å². The van der Waals surface area contributed by atoms with Gasteiger partial charge in [0.1, 0.15) is 29.7 Å². The van der Waals surface area contributed by atoms with Crippen LogP contribution < -0.4 is 4.74 Å². The highest BCUT2D eigenvalue weighted by Gasteiger charge is 2.08. The van der Waals surface area contributed by atoms with Crippen molar-refractivity contribution in [1.82, 2.24) is 0 Å². The number of carbonyl (C=O) groups excluding carboxylic acids is 1. The zero-order valence-corrected chi connectivity index (χ0v) is 10.3. The third-order valence-corrected chi connectivity index (χ3v) is 2.67. The Labute approximate surface area is 113 Å². The Morgan fingerprint density at radius 2 is 2.05 bits per heavy atom. The van der Waals surface area contributed by atoms with E-state index in [2.05, 4.69) is 0 Å². The standard InChI is InChI=1S/C14H7ClFNO2/c15-12-6-11(2-3-13(12)16)19-14-4-1-9(8-18)5-10(14)7-17/h1-6,8H. The number of rotatable bonds is 3. The fourth-order valence-electron chi connectivity index (χ4n) is 1.46. The van der Waals surface area contributed by atoms with Gasteiger partial charge >= 0.3 is 0 Å². The molecule has 0 aliphatic heterocycles. The molecule has 0 spiro atoms. The summed E-state index contributed by atoms with van der Waals surface area (Å²) in [6, 6.07) is 10.2. The van der Waals surface area contributed by atoms with Gasteiger partial charge in [-0.3, -0.25) is 4.79 Å². The van der Waals surface area contributed by atoms with Gasteiger partial charge in [0.15, 0.2) is 0 Å². The minimum absolute atomic E-state index is 0.0690. The molecule has 19 heavy (non-hydrogen) atoms. The van der Waals surface area contributed by atoms with Crippen LogP contribution in [0.1, 0.15) is 15.9 Å². The lowest BCUT2D eigenvalue weighted by Crippen LogP contribution is -1.91. The van der Waals surface area contributed by atoms with Crippen molar-refractivity contribution in [2.75, 3.05) is 0 Å². The predicted molar refractivity (Wildman–Crippen MR) is 68.0 cm³/mol. The second-order valence-corrected chi connectivity index (χ2v) is 4.07. The summed E-state index contributed by atoms with van der Waals surface area (Å²) >= 11 is 5.64. The molecule has 0 aliphatic carbocycles. The third kappa shape index (κ3) is 2.90. The molecule has 2 rings (SSSR count). The van der Waals surface area contributed by atoms with Crippen molar-refractivity contribution in [3.63, 3.8) is 0 Å². The smallest absolute Gasteiger partial charge is 0.150 e. The average molecular weight is 276 g/mol. The lowest BCUT2D eigenvalue weighted by Gasteiger charge is -2.08. The second kappa shape index (κ2) is 5.51. The summed E-state index contributed by atoms with van der Waals surface area (Å²) in [4.78, 5) is 10.6. The van der Waals surface area contributed by atoms with Gasteiger partial charge < -0.3 is 4.74 Å². The minimum atomic E-state index is -0.550. The van der Waals surface area contributed by atoms with Crippen LogP contribution in [0.4, 0.5) is 4.39 Å². The van der Waals surface area contributed by atoms with Gasteiger partial charge in [-0.2, -0.15) is 5.26 Å². The number of hydrogen-bond donors (Lipinski definition) is 0. The van der Waals surface area contributed by atoms with Crippen LogP contribution in [0.25, 0.3) is 0 Å². The molecule has 0 N–H and O–H groups in total. The quantitative estimate of drug-likeness (QED) is 0.797. The molecule has 0 unspecified atom stereocenters. The largest absolute Gasteiger partial charge is 0.456 e. The summed E-state index contributed by atoms with van der Waals surface area (Å²) < 4.78 is 18.4. The highest BCUT2D eigenvalue weighted by Crippen LogP contribution is 2.28. The number of ether oxygens (including phenoxy) is 1. The highest BCUT2D eigenvalue weighted by molar-refractivity contribution is 6.30. The van der Waals surface area contributed by atoms with Gasteiger partial charge in [-0.1, -0.05) is 11.6 Å². The van der Waals surface area contributed by atoms with Crippen molar-refractivity contribution < 1.29 is 13.9 Å². The molecule has 0 saturated heterocycles. The van der Waals surface area contributed by atoms with Crippen molar-refractivity contribution in [3.05, 3.63) is 58.4 Å². The minimum Gasteiger partial charge on any atom is -0.456 e. The fraction of sp³-hybridized carbons (Fsp3) is 0. The first kappa shape index (κ1) is 13.1. The Kier molecular flexibility index (Phi) is 3.79. The Bertz CT molecular complexity index is 680. The Balaban J connectivity index is 2.35. The Hall–Kier alpha value is -2.38. The van der Waals surface area contributed by atoms with Crippen LogP contribution in [0.2, 0.25) is 5.02 Å². The number of aldehydes is 1. The van der Waals surface area contributed by atoms with E-state index in [1.165, 1.54) is 36.4 Å². The molecular formula is C14H7ClFNO2. The van der Waals surface area contributed by atoms with Crippen LogP contribution in [0.3, 0.4) is 0 Å². The van der Waals surface area contributed by atoms with Gasteiger partial charge in [-0.05, 0) is 30.3 Å². The molecule has 0 radical (unpaired) electrons. The number of carbonyl (C=O) groups is 1. The summed E-state index contributed by atoms with van der Waals surface area (Å²) in [6.45, 7) is 0. The Morgan fingerprint density at radius 1 is 1.26 bits per heavy atom. The maximum atomic E-state index is 13.0. The summed E-state index contributed by atoms with van der Waals surface area (Å²) in [5.74, 6) is 0.0309. The molecular weight excluding hydrogens is 269 g/mol. The van der Waals surface area contributed by atoms with E-state index in [0.29, 0.717) is 17.6 Å². The van der Waals surface area contributed by atoms with Crippen molar-refractivity contribution in [1.29, 1.82) is 5.26 Å². The Morgan fingerprint density at radius 3 is 2.68 bits per heavy atom. The van der Waals surface area contributed by atoms with Gasteiger partial charge in [0.25, 0.3) is 0 Å². The molecule has 0 aromatic heterocycles. The van der Waals surface area contributed by atoms with Crippen LogP contribution in [0, 0.1) is 17.1 Å². The van der Waals surface area contributed by atoms with Gasteiger partial charge in [-0.25, -0.2) is 4.39 Å². The maximum absolute atomic E-state index is 13.0. The molecule has 0 heterocycles. The summed E-state index contributed by atoms with van der Waals surface area (Å²) in [6.07, 6.45) is 0.638. The summed E-state index contributed by atoms with van der Waals surface area (Å²) in [5.41, 5.74) is 0.589. The molecule has 94 valence electrons. The average Bonchev–Trinajstić information content (AvgIpc) is 2.43. The lowest BCUT2D eigenvalue weighted by atomic mass is 10.1. The van der Waals surface area contributed by atoms with Crippen LogP contribution in [0.15, 0.2) is 36.4 Å². The molecule has 0 fully saturated rings. The predicted octanol–water partition coefficient (Wildman–Crippen LogP) is 3.96. The van der Waals surface area contributed by atoms with E-state index in [1.54, 1.807) is 0 Å². The van der Waals surface area contributed by atoms with Crippen LogP contribution in [-0.2, 0) is 0 Å². The van der Waals surface area contributed by atoms with Gasteiger partial charge in [0.2, 0.25) is 0 Å². The number of hydrogen-bond acceptors (Lipinski definition) is 3. The monoisotopic (exact) mass is 275 g/mol. The number of benzene rings is 2. The van der Waals surface area contributed by atoms with E-state index < -0.39 is 5.82 Å².